The Morgan fingerprint density at radius 1 is 1.19 bits per heavy atom. The molecule has 160 valence electrons. The van der Waals surface area contributed by atoms with E-state index in [0.29, 0.717) is 29.1 Å². The van der Waals surface area contributed by atoms with E-state index >= 15 is 0 Å². The quantitative estimate of drug-likeness (QED) is 0.388. The molecule has 1 aliphatic heterocycles. The van der Waals surface area contributed by atoms with Gasteiger partial charge >= 0.3 is 11.6 Å². The second-order valence-electron chi connectivity index (χ2n) is 7.85. The molecule has 1 atom stereocenters. The van der Waals surface area contributed by atoms with Crippen molar-refractivity contribution in [1.82, 2.24) is 0 Å². The van der Waals surface area contributed by atoms with Crippen LogP contribution in [0.4, 0.5) is 0 Å². The molecule has 0 spiro atoms. The molecule has 0 saturated heterocycles. The number of phenols is 1. The van der Waals surface area contributed by atoms with Gasteiger partial charge in [-0.05, 0) is 55.3 Å². The second kappa shape index (κ2) is 7.83. The van der Waals surface area contributed by atoms with Crippen LogP contribution < -0.4 is 15.1 Å². The summed E-state index contributed by atoms with van der Waals surface area (Å²) in [4.78, 5) is 23.9. The van der Waals surface area contributed by atoms with Crippen molar-refractivity contribution in [1.29, 1.82) is 0 Å². The Morgan fingerprint density at radius 2 is 2.00 bits per heavy atom. The molecular formula is C24H22O7. The number of rotatable bonds is 4. The average molecular weight is 422 g/mol. The number of hydrogen-bond acceptors (Lipinski definition) is 7. The minimum atomic E-state index is -0.777. The third-order valence-corrected chi connectivity index (χ3v) is 5.23. The van der Waals surface area contributed by atoms with Gasteiger partial charge in [0.15, 0.2) is 11.5 Å². The number of aromatic hydroxyl groups is 1. The van der Waals surface area contributed by atoms with E-state index in [2.05, 4.69) is 0 Å². The first-order valence-corrected chi connectivity index (χ1v) is 9.77. The normalized spacial score (nSPS) is 17.2. The minimum Gasteiger partial charge on any atom is -0.504 e. The Hall–Kier alpha value is -3.74. The Kier molecular flexibility index (Phi) is 5.19. The van der Waals surface area contributed by atoms with Crippen molar-refractivity contribution in [3.05, 3.63) is 70.1 Å². The molecule has 3 aromatic rings. The highest BCUT2D eigenvalue weighted by Crippen LogP contribution is 2.37. The molecule has 7 nitrogen and oxygen atoms in total. The molecule has 2 aromatic carbocycles. The molecule has 2 heterocycles. The number of methoxy groups -OCH3 is 1. The molecule has 0 amide bonds. The third kappa shape index (κ3) is 4.26. The molecule has 0 saturated carbocycles. The predicted octanol–water partition coefficient (Wildman–Crippen LogP) is 3.85. The van der Waals surface area contributed by atoms with Crippen molar-refractivity contribution in [2.24, 2.45) is 0 Å². The van der Waals surface area contributed by atoms with Gasteiger partial charge in [-0.2, -0.15) is 0 Å². The van der Waals surface area contributed by atoms with Crippen molar-refractivity contribution in [3.63, 3.8) is 0 Å². The minimum absolute atomic E-state index is 0.0220. The van der Waals surface area contributed by atoms with Crippen molar-refractivity contribution in [2.75, 3.05) is 7.11 Å². The lowest BCUT2D eigenvalue weighted by atomic mass is 9.90. The number of fused-ring (bicyclic) bond motifs is 2. The summed E-state index contributed by atoms with van der Waals surface area (Å²) in [6.45, 7) is 3.68. The van der Waals surface area contributed by atoms with E-state index in [1.165, 1.54) is 25.3 Å². The summed E-state index contributed by atoms with van der Waals surface area (Å²) in [5.41, 5.74) is 0.799. The fraction of sp³-hybridized carbons (Fsp3) is 0.250. The zero-order valence-electron chi connectivity index (χ0n) is 17.4. The highest BCUT2D eigenvalue weighted by molar-refractivity contribution is 5.87. The Balaban J connectivity index is 1.53. The first-order chi connectivity index (χ1) is 14.7. The average Bonchev–Trinajstić information content (AvgIpc) is 2.72. The van der Waals surface area contributed by atoms with Crippen LogP contribution in [-0.4, -0.2) is 29.9 Å². The van der Waals surface area contributed by atoms with Crippen LogP contribution in [-0.2, 0) is 16.0 Å². The molecule has 1 aromatic heterocycles. The molecule has 31 heavy (non-hydrogen) atoms. The number of carbonyl (C=O) groups is 1. The number of phenolic OH excluding ortho intramolecular Hbond substituents is 1. The van der Waals surface area contributed by atoms with Crippen LogP contribution in [0.1, 0.15) is 25.0 Å². The number of ether oxygens (including phenoxy) is 3. The van der Waals surface area contributed by atoms with Crippen molar-refractivity contribution < 1.29 is 28.5 Å². The van der Waals surface area contributed by atoms with E-state index in [-0.39, 0.29) is 5.75 Å². The monoisotopic (exact) mass is 422 g/mol. The summed E-state index contributed by atoms with van der Waals surface area (Å²) in [7, 11) is 1.46. The van der Waals surface area contributed by atoms with Crippen LogP contribution in [0.5, 0.6) is 17.2 Å². The van der Waals surface area contributed by atoms with Crippen LogP contribution in [0.2, 0.25) is 0 Å². The van der Waals surface area contributed by atoms with E-state index in [1.54, 1.807) is 30.3 Å². The first-order valence-electron chi connectivity index (χ1n) is 9.77. The number of hydrogen-bond donors (Lipinski definition) is 1. The topological polar surface area (TPSA) is 95.2 Å². The summed E-state index contributed by atoms with van der Waals surface area (Å²) >= 11 is 0. The summed E-state index contributed by atoms with van der Waals surface area (Å²) < 4.78 is 22.1. The second-order valence-corrected chi connectivity index (χ2v) is 7.85. The Bertz CT molecular complexity index is 1240. The van der Waals surface area contributed by atoms with Crippen LogP contribution >= 0.6 is 0 Å². The SMILES string of the molecule is COc1cc(/C=C/C(=O)OC2Cc3cc4ccc(=O)oc4cc3OC2(C)C)ccc1O. The zero-order chi connectivity index (χ0) is 22.2. The molecule has 0 bridgehead atoms. The standard InChI is InChI=1S/C24H22O7/c1-24(2)21(30-23(27)8-5-14-4-7-17(25)20(10-14)28-3)12-16-11-15-6-9-22(26)29-18(15)13-19(16)31-24/h4-11,13,21,25H,12H2,1-3H3/b8-5+. The van der Waals surface area contributed by atoms with Gasteiger partial charge in [0.1, 0.15) is 23.0 Å². The lowest BCUT2D eigenvalue weighted by Crippen LogP contribution is -2.48. The summed E-state index contributed by atoms with van der Waals surface area (Å²) in [5, 5.41) is 10.4. The summed E-state index contributed by atoms with van der Waals surface area (Å²) in [5.74, 6) is 0.431. The Morgan fingerprint density at radius 3 is 2.77 bits per heavy atom. The molecule has 4 rings (SSSR count). The maximum atomic E-state index is 12.5. The first kappa shape index (κ1) is 20.5. The van der Waals surface area contributed by atoms with Gasteiger partial charge in [0.2, 0.25) is 0 Å². The van der Waals surface area contributed by atoms with E-state index in [1.807, 2.05) is 19.9 Å². The maximum Gasteiger partial charge on any atom is 0.336 e. The van der Waals surface area contributed by atoms with Crippen molar-refractivity contribution in [2.45, 2.75) is 32.0 Å². The van der Waals surface area contributed by atoms with Gasteiger partial charge in [0, 0.05) is 30.0 Å². The van der Waals surface area contributed by atoms with Crippen molar-refractivity contribution >= 4 is 23.0 Å². The van der Waals surface area contributed by atoms with Crippen LogP contribution in [0, 0.1) is 0 Å². The van der Waals surface area contributed by atoms with Gasteiger partial charge < -0.3 is 23.7 Å². The fourth-order valence-electron chi connectivity index (χ4n) is 3.52. The summed E-state index contributed by atoms with van der Waals surface area (Å²) in [6.07, 6.45) is 2.86. The molecule has 0 fully saturated rings. The highest BCUT2D eigenvalue weighted by Gasteiger charge is 2.39. The highest BCUT2D eigenvalue weighted by atomic mass is 16.6. The molecule has 0 aliphatic carbocycles. The van der Waals surface area contributed by atoms with E-state index in [0.717, 1.165) is 10.9 Å². The van der Waals surface area contributed by atoms with Crippen molar-refractivity contribution in [3.8, 4) is 17.2 Å². The molecule has 1 N–H and O–H groups in total. The summed E-state index contributed by atoms with van der Waals surface area (Å²) in [6, 6.07) is 11.4. The number of carbonyl (C=O) groups excluding carboxylic acids is 1. The van der Waals surface area contributed by atoms with Crippen LogP contribution in [0.15, 0.2) is 57.8 Å². The number of esters is 1. The third-order valence-electron chi connectivity index (χ3n) is 5.23. The Labute approximate surface area is 178 Å². The molecule has 7 heteroatoms. The van der Waals surface area contributed by atoms with Gasteiger partial charge in [0.05, 0.1) is 7.11 Å². The maximum absolute atomic E-state index is 12.5. The van der Waals surface area contributed by atoms with Gasteiger partial charge in [-0.1, -0.05) is 6.07 Å². The van der Waals surface area contributed by atoms with E-state index in [4.69, 9.17) is 18.6 Å². The van der Waals surface area contributed by atoms with Gasteiger partial charge in [-0.15, -0.1) is 0 Å². The van der Waals surface area contributed by atoms with E-state index < -0.39 is 23.3 Å². The lowest BCUT2D eigenvalue weighted by Gasteiger charge is -2.39. The predicted molar refractivity (Wildman–Crippen MR) is 114 cm³/mol. The van der Waals surface area contributed by atoms with E-state index in [9.17, 15) is 14.7 Å². The fourth-order valence-corrected chi connectivity index (χ4v) is 3.52. The largest absolute Gasteiger partial charge is 0.504 e. The molecular weight excluding hydrogens is 400 g/mol. The van der Waals surface area contributed by atoms with Gasteiger partial charge in [-0.3, -0.25) is 0 Å². The van der Waals surface area contributed by atoms with Gasteiger partial charge in [-0.25, -0.2) is 9.59 Å². The smallest absolute Gasteiger partial charge is 0.336 e. The lowest BCUT2D eigenvalue weighted by molar-refractivity contribution is -0.155. The van der Waals surface area contributed by atoms with Crippen LogP contribution in [0.3, 0.4) is 0 Å². The zero-order valence-corrected chi connectivity index (χ0v) is 17.4. The van der Waals surface area contributed by atoms with Gasteiger partial charge in [0.25, 0.3) is 0 Å². The van der Waals surface area contributed by atoms with Crippen LogP contribution in [0.25, 0.3) is 17.0 Å². The molecule has 1 unspecified atom stereocenters. The molecule has 0 radical (unpaired) electrons. The number of benzene rings is 2. The molecule has 1 aliphatic rings.